The molecule has 1 aliphatic rings. The average Bonchev–Trinajstić information content (AvgIpc) is 2.36. The van der Waals surface area contributed by atoms with Gasteiger partial charge in [0.05, 0.1) is 10.2 Å². The monoisotopic (exact) mass is 317 g/mol. The first-order valence-corrected chi connectivity index (χ1v) is 6.58. The molecule has 5 heteroatoms. The zero-order valence-electron chi connectivity index (χ0n) is 10.5. The first-order chi connectivity index (χ1) is 8.54. The number of halogens is 2. The summed E-state index contributed by atoms with van der Waals surface area (Å²) in [5.41, 5.74) is 0.585. The molecule has 3 nitrogen and oxygen atoms in total. The Morgan fingerprint density at radius 3 is 2.94 bits per heavy atom. The van der Waals surface area contributed by atoms with Crippen molar-refractivity contribution in [3.63, 3.8) is 0 Å². The molecular weight excluding hydrogens is 301 g/mol. The number of rotatable bonds is 4. The maximum atomic E-state index is 12.1. The molecule has 1 N–H and O–H groups in total. The highest BCUT2D eigenvalue weighted by atomic mass is 79.9. The van der Waals surface area contributed by atoms with Crippen molar-refractivity contribution in [1.29, 1.82) is 0 Å². The number of ketones is 1. The van der Waals surface area contributed by atoms with Crippen molar-refractivity contribution >= 4 is 21.7 Å². The number of hydrogen-bond acceptors (Lipinski definition) is 3. The molecule has 0 saturated heterocycles. The molecule has 0 aromatic carbocycles. The minimum Gasteiger partial charge on any atom is -0.490 e. The average molecular weight is 318 g/mol. The Bertz CT molecular complexity index is 402. The largest absolute Gasteiger partial charge is 0.490 e. The number of carbonyl (C=O) groups excluding carboxylic acids is 1. The van der Waals surface area contributed by atoms with Gasteiger partial charge in [0, 0.05) is 13.0 Å². The van der Waals surface area contributed by atoms with Gasteiger partial charge in [-0.1, -0.05) is 6.08 Å². The van der Waals surface area contributed by atoms with Gasteiger partial charge in [-0.25, -0.2) is 4.39 Å². The van der Waals surface area contributed by atoms with E-state index in [0.29, 0.717) is 17.9 Å². The van der Waals surface area contributed by atoms with Crippen LogP contribution in [0.5, 0.6) is 0 Å². The molecule has 0 aromatic rings. The molecule has 0 fully saturated rings. The minimum atomic E-state index is -0.528. The van der Waals surface area contributed by atoms with Gasteiger partial charge in [0.15, 0.2) is 5.78 Å². The van der Waals surface area contributed by atoms with E-state index < -0.39 is 6.67 Å². The normalized spacial score (nSPS) is 29.1. The van der Waals surface area contributed by atoms with Crippen molar-refractivity contribution in [2.75, 3.05) is 13.3 Å². The van der Waals surface area contributed by atoms with Crippen LogP contribution in [-0.2, 0) is 9.53 Å². The molecular formula is C13H17BrFNO2. The quantitative estimate of drug-likeness (QED) is 0.866. The molecule has 100 valence electrons. The maximum absolute atomic E-state index is 12.1. The molecule has 0 saturated carbocycles. The number of alkyl halides is 1. The first kappa shape index (κ1) is 15.0. The minimum absolute atomic E-state index is 0.00657. The highest BCUT2D eigenvalue weighted by Crippen LogP contribution is 2.21. The number of carbonyl (C=O) groups is 1. The Morgan fingerprint density at radius 2 is 2.33 bits per heavy atom. The van der Waals surface area contributed by atoms with E-state index in [-0.39, 0.29) is 18.4 Å². The van der Waals surface area contributed by atoms with E-state index in [4.69, 9.17) is 4.74 Å². The third-order valence-electron chi connectivity index (χ3n) is 2.35. The Morgan fingerprint density at radius 1 is 1.61 bits per heavy atom. The SMILES string of the molecule is CC(=O)/C1=C/C/C=C(OCCF)\C(Br)=C/C(C)N1. The molecule has 0 radical (unpaired) electrons. The maximum Gasteiger partial charge on any atom is 0.175 e. The van der Waals surface area contributed by atoms with E-state index in [1.54, 1.807) is 6.08 Å². The van der Waals surface area contributed by atoms with Crippen LogP contribution in [0.2, 0.25) is 0 Å². The summed E-state index contributed by atoms with van der Waals surface area (Å²) in [6.07, 6.45) is 6.06. The molecule has 0 bridgehead atoms. The Balaban J connectivity index is 2.92. The second-order valence-corrected chi connectivity index (χ2v) is 4.82. The van der Waals surface area contributed by atoms with Gasteiger partial charge in [-0.15, -0.1) is 0 Å². The predicted molar refractivity (Wildman–Crippen MR) is 73.0 cm³/mol. The van der Waals surface area contributed by atoms with Crippen LogP contribution in [0.15, 0.2) is 34.2 Å². The molecule has 1 atom stereocenters. The second kappa shape index (κ2) is 7.36. The standard InChI is InChI=1S/C13H17BrFNO2/c1-9-8-11(14)13(18-7-6-15)5-3-4-12(16-9)10(2)17/h4-5,8-9,16H,3,6-7H2,1-2H3/b11-8+,12-4-,13-5+. The molecule has 1 heterocycles. The van der Waals surface area contributed by atoms with E-state index in [9.17, 15) is 9.18 Å². The van der Waals surface area contributed by atoms with E-state index >= 15 is 0 Å². The van der Waals surface area contributed by atoms with Crippen molar-refractivity contribution < 1.29 is 13.9 Å². The zero-order valence-corrected chi connectivity index (χ0v) is 12.1. The van der Waals surface area contributed by atoms with Crippen LogP contribution in [0.4, 0.5) is 4.39 Å². The van der Waals surface area contributed by atoms with Crippen molar-refractivity contribution in [3.05, 3.63) is 34.2 Å². The van der Waals surface area contributed by atoms with E-state index in [0.717, 1.165) is 4.48 Å². The summed E-state index contributed by atoms with van der Waals surface area (Å²) in [5, 5.41) is 3.11. The molecule has 0 amide bonds. The van der Waals surface area contributed by atoms with Gasteiger partial charge >= 0.3 is 0 Å². The van der Waals surface area contributed by atoms with Crippen LogP contribution < -0.4 is 5.32 Å². The van der Waals surface area contributed by atoms with Gasteiger partial charge in [0.25, 0.3) is 0 Å². The van der Waals surface area contributed by atoms with Crippen molar-refractivity contribution in [2.24, 2.45) is 0 Å². The number of allylic oxidation sites excluding steroid dienone is 4. The fourth-order valence-electron chi connectivity index (χ4n) is 1.55. The van der Waals surface area contributed by atoms with E-state index in [1.807, 2.05) is 19.1 Å². The van der Waals surface area contributed by atoms with Crippen molar-refractivity contribution in [2.45, 2.75) is 26.3 Å². The topological polar surface area (TPSA) is 38.3 Å². The van der Waals surface area contributed by atoms with Crippen LogP contribution in [0.25, 0.3) is 0 Å². The second-order valence-electron chi connectivity index (χ2n) is 3.96. The Kier molecular flexibility index (Phi) is 6.12. The molecule has 1 unspecified atom stereocenters. The number of nitrogens with one attached hydrogen (secondary N) is 1. The van der Waals surface area contributed by atoms with Crippen LogP contribution >= 0.6 is 15.9 Å². The van der Waals surface area contributed by atoms with Crippen molar-refractivity contribution in [1.82, 2.24) is 5.32 Å². The van der Waals surface area contributed by atoms with Gasteiger partial charge < -0.3 is 10.1 Å². The lowest BCUT2D eigenvalue weighted by atomic mass is 10.2. The van der Waals surface area contributed by atoms with Gasteiger partial charge in [-0.05, 0) is 41.4 Å². The first-order valence-electron chi connectivity index (χ1n) is 5.79. The molecule has 0 aliphatic carbocycles. The number of hydrogen-bond donors (Lipinski definition) is 1. The van der Waals surface area contributed by atoms with Crippen LogP contribution in [0, 0.1) is 0 Å². The van der Waals surface area contributed by atoms with Crippen LogP contribution in [0.3, 0.4) is 0 Å². The Labute approximate surface area is 115 Å². The predicted octanol–water partition coefficient (Wildman–Crippen LogP) is 2.99. The number of Topliss-reactive ketones (excluding diaryl/α,β-unsaturated/α-hetero) is 1. The summed E-state index contributed by atoms with van der Waals surface area (Å²) in [4.78, 5) is 11.4. The fourth-order valence-corrected chi connectivity index (χ4v) is 2.22. The third-order valence-corrected chi connectivity index (χ3v) is 3.01. The van der Waals surface area contributed by atoms with Gasteiger partial charge in [0.1, 0.15) is 19.0 Å². The van der Waals surface area contributed by atoms with Gasteiger partial charge in [-0.3, -0.25) is 4.79 Å². The molecule has 18 heavy (non-hydrogen) atoms. The summed E-state index contributed by atoms with van der Waals surface area (Å²) in [6, 6.07) is -0.0231. The molecule has 1 aliphatic heterocycles. The lowest BCUT2D eigenvalue weighted by Crippen LogP contribution is -2.27. The van der Waals surface area contributed by atoms with Crippen LogP contribution in [0.1, 0.15) is 20.3 Å². The molecule has 0 aromatic heterocycles. The summed E-state index contributed by atoms with van der Waals surface area (Å²) in [6.45, 7) is 2.95. The van der Waals surface area contributed by atoms with Gasteiger partial charge in [-0.2, -0.15) is 0 Å². The summed E-state index contributed by atoms with van der Waals surface area (Å²) in [5.74, 6) is 0.593. The fraction of sp³-hybridized carbons (Fsp3) is 0.462. The molecule has 1 rings (SSSR count). The highest BCUT2D eigenvalue weighted by Gasteiger charge is 2.11. The summed E-state index contributed by atoms with van der Waals surface area (Å²) < 4.78 is 18.2. The number of ether oxygens (including phenoxy) is 1. The zero-order chi connectivity index (χ0) is 13.5. The Hall–Kier alpha value is -1.10. The third kappa shape index (κ3) is 4.64. The van der Waals surface area contributed by atoms with Crippen LogP contribution in [-0.4, -0.2) is 25.1 Å². The lowest BCUT2D eigenvalue weighted by molar-refractivity contribution is -0.114. The van der Waals surface area contributed by atoms with E-state index in [1.165, 1.54) is 6.92 Å². The summed E-state index contributed by atoms with van der Waals surface area (Å²) >= 11 is 3.40. The smallest absolute Gasteiger partial charge is 0.175 e. The highest BCUT2D eigenvalue weighted by molar-refractivity contribution is 9.11. The summed E-state index contributed by atoms with van der Waals surface area (Å²) in [7, 11) is 0. The molecule has 0 spiro atoms. The van der Waals surface area contributed by atoms with Crippen molar-refractivity contribution in [3.8, 4) is 0 Å². The van der Waals surface area contributed by atoms with E-state index in [2.05, 4.69) is 21.2 Å². The van der Waals surface area contributed by atoms with Gasteiger partial charge in [0.2, 0.25) is 0 Å². The lowest BCUT2D eigenvalue weighted by Gasteiger charge is -2.13.